The first-order chi connectivity index (χ1) is 22.1. The molecule has 0 saturated carbocycles. The van der Waals surface area contributed by atoms with Crippen LogP contribution in [0.25, 0.3) is 33.4 Å². The molecule has 1 atom stereocenters. The number of rotatable bonds is 5. The number of hydrogen-bond acceptors (Lipinski definition) is 3. The van der Waals surface area contributed by atoms with E-state index in [2.05, 4.69) is 165 Å². The van der Waals surface area contributed by atoms with Gasteiger partial charge in [0.15, 0.2) is 5.84 Å². The third-order valence-corrected chi connectivity index (χ3v) is 9.14. The zero-order valence-corrected chi connectivity index (χ0v) is 25.4. The molecule has 3 heteroatoms. The van der Waals surface area contributed by atoms with Gasteiger partial charge in [-0.15, -0.1) is 0 Å². The summed E-state index contributed by atoms with van der Waals surface area (Å²) in [6.07, 6.45) is -0.265. The minimum Gasteiger partial charge on any atom is -0.344 e. The van der Waals surface area contributed by atoms with E-state index >= 15 is 0 Å². The van der Waals surface area contributed by atoms with Crippen LogP contribution in [0.15, 0.2) is 162 Å². The summed E-state index contributed by atoms with van der Waals surface area (Å²) in [6.45, 7) is 4.63. The molecule has 1 aliphatic carbocycles. The van der Waals surface area contributed by atoms with Gasteiger partial charge in [0.2, 0.25) is 0 Å². The van der Waals surface area contributed by atoms with Crippen LogP contribution >= 0.6 is 0 Å². The summed E-state index contributed by atoms with van der Waals surface area (Å²) < 4.78 is 0. The van der Waals surface area contributed by atoms with Gasteiger partial charge in [0.05, 0.1) is 0 Å². The van der Waals surface area contributed by atoms with Crippen LogP contribution in [0.1, 0.15) is 47.8 Å². The Balaban J connectivity index is 1.25. The van der Waals surface area contributed by atoms with Crippen LogP contribution in [0.5, 0.6) is 0 Å². The number of fused-ring (bicyclic) bond motifs is 3. The Morgan fingerprint density at radius 3 is 1.80 bits per heavy atom. The molecule has 2 aliphatic rings. The van der Waals surface area contributed by atoms with Crippen molar-refractivity contribution in [2.45, 2.75) is 25.4 Å². The molecule has 6 aromatic rings. The van der Waals surface area contributed by atoms with E-state index in [1.807, 2.05) is 6.07 Å². The van der Waals surface area contributed by atoms with Crippen LogP contribution in [-0.4, -0.2) is 11.7 Å². The summed E-state index contributed by atoms with van der Waals surface area (Å²) in [5, 5.41) is 3.71. The fraction of sp³-hybridized carbons (Fsp3) is 0.0952. The number of benzene rings is 6. The van der Waals surface area contributed by atoms with E-state index in [0.717, 1.165) is 39.5 Å². The molecule has 45 heavy (non-hydrogen) atoms. The van der Waals surface area contributed by atoms with E-state index in [4.69, 9.17) is 9.98 Å². The molecule has 1 N–H and O–H groups in total. The molecular formula is C42H33N3. The van der Waals surface area contributed by atoms with Crippen molar-refractivity contribution in [2.24, 2.45) is 9.98 Å². The summed E-state index contributed by atoms with van der Waals surface area (Å²) >= 11 is 0. The van der Waals surface area contributed by atoms with Gasteiger partial charge in [-0.3, -0.25) is 0 Å². The first kappa shape index (κ1) is 27.0. The Bertz CT molecular complexity index is 2110. The molecule has 1 unspecified atom stereocenters. The average molecular weight is 580 g/mol. The SMILES string of the molecule is CC1(C)c2ccccc2-c2c(C3=NC(c4cccc(-c5cccc(-c6ccccc6)c5)c4)=NC(c4ccccc4)N3)cccc21. The van der Waals surface area contributed by atoms with Gasteiger partial charge in [-0.25, -0.2) is 9.98 Å². The number of aliphatic imine (C=N–C) groups is 2. The minimum atomic E-state index is -0.265. The predicted octanol–water partition coefficient (Wildman–Crippen LogP) is 9.82. The third-order valence-electron chi connectivity index (χ3n) is 9.14. The maximum absolute atomic E-state index is 5.25. The van der Waals surface area contributed by atoms with E-state index in [1.54, 1.807) is 0 Å². The van der Waals surface area contributed by atoms with Gasteiger partial charge in [0, 0.05) is 16.5 Å². The number of amidine groups is 2. The quantitative estimate of drug-likeness (QED) is 0.217. The molecule has 0 radical (unpaired) electrons. The van der Waals surface area contributed by atoms with Crippen molar-refractivity contribution in [3.8, 4) is 33.4 Å². The molecule has 216 valence electrons. The van der Waals surface area contributed by atoms with Crippen molar-refractivity contribution in [2.75, 3.05) is 0 Å². The largest absolute Gasteiger partial charge is 0.344 e. The highest BCUT2D eigenvalue weighted by Crippen LogP contribution is 2.50. The normalized spacial score (nSPS) is 16.2. The zero-order chi connectivity index (χ0) is 30.4. The highest BCUT2D eigenvalue weighted by Gasteiger charge is 2.37. The maximum Gasteiger partial charge on any atom is 0.159 e. The second kappa shape index (κ2) is 10.9. The van der Waals surface area contributed by atoms with Crippen LogP contribution in [-0.2, 0) is 5.41 Å². The van der Waals surface area contributed by atoms with Gasteiger partial charge < -0.3 is 5.32 Å². The lowest BCUT2D eigenvalue weighted by Gasteiger charge is -2.25. The van der Waals surface area contributed by atoms with E-state index < -0.39 is 0 Å². The summed E-state index contributed by atoms with van der Waals surface area (Å²) in [5.41, 5.74) is 13.0. The minimum absolute atomic E-state index is 0.0878. The molecule has 3 nitrogen and oxygen atoms in total. The van der Waals surface area contributed by atoms with Gasteiger partial charge in [0.1, 0.15) is 12.0 Å². The van der Waals surface area contributed by atoms with Gasteiger partial charge >= 0.3 is 0 Å². The monoisotopic (exact) mass is 579 g/mol. The molecule has 0 aromatic heterocycles. The summed E-state index contributed by atoms with van der Waals surface area (Å²) in [7, 11) is 0. The van der Waals surface area contributed by atoms with Crippen LogP contribution < -0.4 is 5.32 Å². The van der Waals surface area contributed by atoms with Crippen LogP contribution in [0, 0.1) is 0 Å². The lowest BCUT2D eigenvalue weighted by Crippen LogP contribution is -2.34. The summed E-state index contributed by atoms with van der Waals surface area (Å²) in [4.78, 5) is 10.4. The molecule has 1 heterocycles. The van der Waals surface area contributed by atoms with Crippen LogP contribution in [0.2, 0.25) is 0 Å². The summed E-state index contributed by atoms with van der Waals surface area (Å²) in [5.74, 6) is 1.57. The van der Waals surface area contributed by atoms with Gasteiger partial charge in [-0.1, -0.05) is 153 Å². The molecular weight excluding hydrogens is 546 g/mol. The van der Waals surface area contributed by atoms with E-state index in [1.165, 1.54) is 33.4 Å². The van der Waals surface area contributed by atoms with Crippen LogP contribution in [0.3, 0.4) is 0 Å². The second-order valence-electron chi connectivity index (χ2n) is 12.3. The van der Waals surface area contributed by atoms with Gasteiger partial charge in [-0.2, -0.15) is 0 Å². The Labute approximate surface area is 264 Å². The Morgan fingerprint density at radius 1 is 0.511 bits per heavy atom. The van der Waals surface area contributed by atoms with Crippen molar-refractivity contribution < 1.29 is 0 Å². The Morgan fingerprint density at radius 2 is 1.04 bits per heavy atom. The topological polar surface area (TPSA) is 36.8 Å². The summed E-state index contributed by atoms with van der Waals surface area (Å²) in [6, 6.07) is 53.7. The third kappa shape index (κ3) is 4.78. The van der Waals surface area contributed by atoms with E-state index in [0.29, 0.717) is 0 Å². The Kier molecular flexibility index (Phi) is 6.53. The molecule has 1 aliphatic heterocycles. The maximum atomic E-state index is 5.25. The fourth-order valence-corrected chi connectivity index (χ4v) is 6.82. The van der Waals surface area contributed by atoms with E-state index in [9.17, 15) is 0 Å². The molecule has 0 spiro atoms. The van der Waals surface area contributed by atoms with Gasteiger partial charge in [0.25, 0.3) is 0 Å². The van der Waals surface area contributed by atoms with Crippen molar-refractivity contribution in [3.63, 3.8) is 0 Å². The van der Waals surface area contributed by atoms with E-state index in [-0.39, 0.29) is 11.6 Å². The molecule has 0 amide bonds. The number of nitrogens with zero attached hydrogens (tertiary/aromatic N) is 2. The van der Waals surface area contributed by atoms with Crippen molar-refractivity contribution >= 4 is 11.7 Å². The van der Waals surface area contributed by atoms with Crippen molar-refractivity contribution in [1.82, 2.24) is 5.32 Å². The highest BCUT2D eigenvalue weighted by atomic mass is 15.2. The average Bonchev–Trinajstić information content (AvgIpc) is 3.35. The Hall–Kier alpha value is -5.54. The van der Waals surface area contributed by atoms with Gasteiger partial charge in [-0.05, 0) is 62.2 Å². The lowest BCUT2D eigenvalue weighted by molar-refractivity contribution is 0.659. The lowest BCUT2D eigenvalue weighted by atomic mass is 9.82. The molecule has 6 aromatic carbocycles. The van der Waals surface area contributed by atoms with Crippen LogP contribution in [0.4, 0.5) is 0 Å². The predicted molar refractivity (Wildman–Crippen MR) is 187 cm³/mol. The second-order valence-corrected chi connectivity index (χ2v) is 12.3. The first-order valence-electron chi connectivity index (χ1n) is 15.5. The first-order valence-corrected chi connectivity index (χ1v) is 15.5. The molecule has 0 saturated heterocycles. The molecule has 8 rings (SSSR count). The highest BCUT2D eigenvalue weighted by molar-refractivity contribution is 6.16. The van der Waals surface area contributed by atoms with Crippen molar-refractivity contribution in [3.05, 3.63) is 179 Å². The van der Waals surface area contributed by atoms with Crippen molar-refractivity contribution in [1.29, 1.82) is 0 Å². The molecule has 0 bridgehead atoms. The molecule has 0 fully saturated rings. The zero-order valence-electron chi connectivity index (χ0n) is 25.4. The standard InChI is InChI=1S/C42H33N3/c1-42(2)36-24-10-9-22-34(36)38-35(23-13-25-37(38)42)41-44-39(29-16-7-4-8-17-29)43-40(45-41)33-21-12-20-32(27-33)31-19-11-18-30(26-31)28-14-5-3-6-15-28/h3-27,39H,1-2H3,(H,43,44,45). The number of hydrogen-bond donors (Lipinski definition) is 1. The number of nitrogens with one attached hydrogen (secondary N) is 1. The smallest absolute Gasteiger partial charge is 0.159 e. The fourth-order valence-electron chi connectivity index (χ4n) is 6.82.